The molecule has 1 N–H and O–H groups in total. The molecule has 0 aliphatic carbocycles. The first kappa shape index (κ1) is 19.3. The number of cyclic esters (lactones) is 1. The van der Waals surface area contributed by atoms with Crippen LogP contribution in [0.15, 0.2) is 35.5 Å². The lowest BCUT2D eigenvalue weighted by Gasteiger charge is -2.33. The quantitative estimate of drug-likeness (QED) is 0.782. The van der Waals surface area contributed by atoms with E-state index in [4.69, 9.17) is 9.47 Å². The Hall–Kier alpha value is -3.03. The first-order chi connectivity index (χ1) is 14.1. The number of methoxy groups -OCH3 is 1. The molecule has 0 unspecified atom stereocenters. The molecule has 1 fully saturated rings. The van der Waals surface area contributed by atoms with Gasteiger partial charge < -0.3 is 19.7 Å². The Bertz CT molecular complexity index is 840. The van der Waals surface area contributed by atoms with Gasteiger partial charge in [-0.2, -0.15) is 0 Å². The van der Waals surface area contributed by atoms with Crippen LogP contribution in [-0.4, -0.2) is 61.1 Å². The molecule has 154 valence electrons. The van der Waals surface area contributed by atoms with Gasteiger partial charge in [-0.25, -0.2) is 9.59 Å². The average Bonchev–Trinajstić information content (AvgIpc) is 2.94. The molecule has 0 spiro atoms. The molecule has 0 radical (unpaired) electrons. The van der Waals surface area contributed by atoms with E-state index in [9.17, 15) is 14.4 Å². The number of urea groups is 1. The molecular weight excluding hydrogens is 374 g/mol. The van der Waals surface area contributed by atoms with Crippen molar-refractivity contribution in [2.24, 2.45) is 0 Å². The summed E-state index contributed by atoms with van der Waals surface area (Å²) in [6.45, 7) is 1.34. The lowest BCUT2D eigenvalue weighted by molar-refractivity contribution is -0.136. The summed E-state index contributed by atoms with van der Waals surface area (Å²) in [7, 11) is 1.57. The van der Waals surface area contributed by atoms with E-state index in [1.807, 2.05) is 4.90 Å². The molecule has 3 aliphatic heterocycles. The molecule has 3 heterocycles. The number of benzene rings is 1. The van der Waals surface area contributed by atoms with E-state index >= 15 is 0 Å². The number of nitrogens with one attached hydrogen (secondary N) is 1. The lowest BCUT2D eigenvalue weighted by atomic mass is 9.95. The van der Waals surface area contributed by atoms with Crippen molar-refractivity contribution in [2.45, 2.75) is 31.7 Å². The highest BCUT2D eigenvalue weighted by molar-refractivity contribution is 5.98. The van der Waals surface area contributed by atoms with Crippen LogP contribution < -0.4 is 10.1 Å². The zero-order valence-electron chi connectivity index (χ0n) is 16.5. The van der Waals surface area contributed by atoms with E-state index in [1.165, 1.54) is 4.90 Å². The fraction of sp³-hybridized carbons (Fsp3) is 0.476. The maximum atomic E-state index is 12.9. The summed E-state index contributed by atoms with van der Waals surface area (Å²) >= 11 is 0. The molecule has 1 aromatic carbocycles. The number of carbonyl (C=O) groups excluding carboxylic acids is 3. The molecule has 3 amide bonds. The molecule has 0 bridgehead atoms. The highest BCUT2D eigenvalue weighted by Gasteiger charge is 2.43. The molecule has 4 rings (SSSR count). The summed E-state index contributed by atoms with van der Waals surface area (Å²) in [5.74, 6) is 0.118. The third kappa shape index (κ3) is 3.79. The number of amides is 3. The molecule has 8 heteroatoms. The highest BCUT2D eigenvalue weighted by Crippen LogP contribution is 2.35. The average molecular weight is 399 g/mol. The number of hydrogen-bond acceptors (Lipinski definition) is 5. The minimum atomic E-state index is -0.608. The summed E-state index contributed by atoms with van der Waals surface area (Å²) in [5.41, 5.74) is 1.62. The number of likely N-dealkylation sites (tertiary alicyclic amines) is 1. The number of hydrogen-bond donors (Lipinski definition) is 1. The van der Waals surface area contributed by atoms with Crippen LogP contribution >= 0.6 is 0 Å². The predicted octanol–water partition coefficient (Wildman–Crippen LogP) is 1.97. The standard InChI is InChI=1S/C21H25N3O5/c1-28-15-8-6-14(7-9-15)19-18-16(13-29-20(18)26)24(21(27)22-19)12-17(25)23-10-4-2-3-5-11-23/h6-9,19H,2-5,10-13H2,1H3,(H,22,27)/t19-/m1/s1. The molecule has 0 aromatic heterocycles. The van der Waals surface area contributed by atoms with Gasteiger partial charge in [-0.05, 0) is 30.5 Å². The van der Waals surface area contributed by atoms with Crippen LogP contribution in [0.5, 0.6) is 5.75 Å². The third-order valence-corrected chi connectivity index (χ3v) is 5.70. The summed E-state index contributed by atoms with van der Waals surface area (Å²) < 4.78 is 10.4. The van der Waals surface area contributed by atoms with Gasteiger partial charge in [0, 0.05) is 13.1 Å². The predicted molar refractivity (Wildman–Crippen MR) is 104 cm³/mol. The Kier molecular flexibility index (Phi) is 5.42. The number of esters is 1. The van der Waals surface area contributed by atoms with Gasteiger partial charge in [-0.15, -0.1) is 0 Å². The highest BCUT2D eigenvalue weighted by atomic mass is 16.5. The first-order valence-corrected chi connectivity index (χ1v) is 9.98. The van der Waals surface area contributed by atoms with E-state index in [-0.39, 0.29) is 19.1 Å². The summed E-state index contributed by atoms with van der Waals surface area (Å²) in [4.78, 5) is 41.2. The first-order valence-electron chi connectivity index (χ1n) is 9.98. The molecule has 1 saturated heterocycles. The van der Waals surface area contributed by atoms with E-state index < -0.39 is 18.0 Å². The van der Waals surface area contributed by atoms with Gasteiger partial charge in [0.15, 0.2) is 0 Å². The van der Waals surface area contributed by atoms with Crippen molar-refractivity contribution in [3.05, 3.63) is 41.1 Å². The molecule has 1 atom stereocenters. The van der Waals surface area contributed by atoms with E-state index in [1.54, 1.807) is 31.4 Å². The molecular formula is C21H25N3O5. The smallest absolute Gasteiger partial charge is 0.338 e. The van der Waals surface area contributed by atoms with Gasteiger partial charge in [0.1, 0.15) is 18.9 Å². The van der Waals surface area contributed by atoms with Gasteiger partial charge in [0.25, 0.3) is 0 Å². The second-order valence-corrected chi connectivity index (χ2v) is 7.47. The van der Waals surface area contributed by atoms with Crippen LogP contribution in [0.25, 0.3) is 0 Å². The van der Waals surface area contributed by atoms with E-state index in [0.29, 0.717) is 30.1 Å². The van der Waals surface area contributed by atoms with Crippen molar-refractivity contribution >= 4 is 17.9 Å². The largest absolute Gasteiger partial charge is 0.497 e. The van der Waals surface area contributed by atoms with Crippen molar-refractivity contribution in [1.82, 2.24) is 15.1 Å². The van der Waals surface area contributed by atoms with Crippen molar-refractivity contribution in [1.29, 1.82) is 0 Å². The molecule has 8 nitrogen and oxygen atoms in total. The third-order valence-electron chi connectivity index (χ3n) is 5.70. The zero-order chi connectivity index (χ0) is 20.4. The van der Waals surface area contributed by atoms with Crippen molar-refractivity contribution in [2.75, 3.05) is 33.4 Å². The van der Waals surface area contributed by atoms with Gasteiger partial charge in [-0.1, -0.05) is 25.0 Å². The van der Waals surface area contributed by atoms with Gasteiger partial charge in [0.2, 0.25) is 5.91 Å². The maximum Gasteiger partial charge on any atom is 0.338 e. The number of rotatable bonds is 4. The van der Waals surface area contributed by atoms with Crippen molar-refractivity contribution in [3.63, 3.8) is 0 Å². The topological polar surface area (TPSA) is 88.2 Å². The number of ether oxygens (including phenoxy) is 2. The Morgan fingerprint density at radius 2 is 1.83 bits per heavy atom. The number of carbonyl (C=O) groups is 3. The Morgan fingerprint density at radius 3 is 2.48 bits per heavy atom. The second-order valence-electron chi connectivity index (χ2n) is 7.47. The monoisotopic (exact) mass is 399 g/mol. The molecule has 29 heavy (non-hydrogen) atoms. The Balaban J connectivity index is 1.59. The summed E-state index contributed by atoms with van der Waals surface area (Å²) in [5, 5.41) is 2.86. The minimum absolute atomic E-state index is 0.00151. The van der Waals surface area contributed by atoms with Gasteiger partial charge in [0.05, 0.1) is 24.4 Å². The van der Waals surface area contributed by atoms with E-state index in [2.05, 4.69) is 5.32 Å². The van der Waals surface area contributed by atoms with Gasteiger partial charge in [-0.3, -0.25) is 9.69 Å². The Morgan fingerprint density at radius 1 is 1.14 bits per heavy atom. The van der Waals surface area contributed by atoms with Crippen LogP contribution in [0, 0.1) is 0 Å². The minimum Gasteiger partial charge on any atom is -0.497 e. The fourth-order valence-electron chi connectivity index (χ4n) is 4.08. The fourth-order valence-corrected chi connectivity index (χ4v) is 4.08. The molecule has 1 aromatic rings. The Labute approximate surface area is 169 Å². The summed E-state index contributed by atoms with van der Waals surface area (Å²) in [6.07, 6.45) is 4.20. The van der Waals surface area contributed by atoms with Crippen LogP contribution in [0.4, 0.5) is 4.79 Å². The van der Waals surface area contributed by atoms with Crippen LogP contribution in [0.2, 0.25) is 0 Å². The van der Waals surface area contributed by atoms with E-state index in [0.717, 1.165) is 31.2 Å². The number of nitrogens with zero attached hydrogens (tertiary/aromatic N) is 2. The lowest BCUT2D eigenvalue weighted by Crippen LogP contribution is -2.51. The maximum absolute atomic E-state index is 12.9. The van der Waals surface area contributed by atoms with Crippen molar-refractivity contribution < 1.29 is 23.9 Å². The van der Waals surface area contributed by atoms with Crippen LogP contribution in [0.1, 0.15) is 37.3 Å². The van der Waals surface area contributed by atoms with Crippen molar-refractivity contribution in [3.8, 4) is 5.75 Å². The SMILES string of the molecule is COc1ccc([C@H]2NC(=O)N(CC(=O)N3CCCCCC3)C3=C2C(=O)OC3)cc1. The molecule has 0 saturated carbocycles. The molecule has 3 aliphatic rings. The van der Waals surface area contributed by atoms with Gasteiger partial charge >= 0.3 is 12.0 Å². The normalized spacial score (nSPS) is 22.0. The second kappa shape index (κ2) is 8.14. The zero-order valence-corrected chi connectivity index (χ0v) is 16.5. The van der Waals surface area contributed by atoms with Crippen LogP contribution in [-0.2, 0) is 14.3 Å². The van der Waals surface area contributed by atoms with Crippen LogP contribution in [0.3, 0.4) is 0 Å². The summed E-state index contributed by atoms with van der Waals surface area (Å²) in [6, 6.07) is 6.15.